The van der Waals surface area contributed by atoms with E-state index in [1.165, 1.54) is 23.1 Å². The van der Waals surface area contributed by atoms with Crippen molar-refractivity contribution in [2.75, 3.05) is 9.80 Å². The minimum atomic E-state index is -4.80. The van der Waals surface area contributed by atoms with Gasteiger partial charge in [0.15, 0.2) is 5.11 Å². The standard InChI is InChI=1S/C25H20F4N4O2S/c26-19-11-20-14(8-17(19)22(34)31-15-4-2-1-3-5-15)9-21-23(35)32(24(36)33(20)21)16-7-6-13(12-30)18(10-16)25(27,28)29/h6-8,10-11,15,21H,1-5,9H2,(H,31,34). The maximum absolute atomic E-state index is 15.0. The molecule has 1 saturated carbocycles. The predicted molar refractivity (Wildman–Crippen MR) is 127 cm³/mol. The van der Waals surface area contributed by atoms with Crippen LogP contribution in [-0.4, -0.2) is 29.0 Å². The van der Waals surface area contributed by atoms with E-state index >= 15 is 4.39 Å². The number of nitrogens with zero attached hydrogens (tertiary/aromatic N) is 3. The van der Waals surface area contributed by atoms with Gasteiger partial charge in [-0.05, 0) is 61.0 Å². The van der Waals surface area contributed by atoms with Crippen LogP contribution >= 0.6 is 12.2 Å². The molecule has 1 saturated heterocycles. The summed E-state index contributed by atoms with van der Waals surface area (Å²) >= 11 is 5.43. The number of rotatable bonds is 3. The molecule has 186 valence electrons. The summed E-state index contributed by atoms with van der Waals surface area (Å²) in [6.07, 6.45) is 0.142. The van der Waals surface area contributed by atoms with Gasteiger partial charge in [-0.1, -0.05) is 19.3 Å². The van der Waals surface area contributed by atoms with Crippen molar-refractivity contribution in [3.8, 4) is 6.07 Å². The molecule has 1 unspecified atom stereocenters. The second kappa shape index (κ2) is 8.85. The molecule has 1 N–H and O–H groups in total. The van der Waals surface area contributed by atoms with E-state index in [1.54, 1.807) is 0 Å². The Labute approximate surface area is 209 Å². The van der Waals surface area contributed by atoms with Gasteiger partial charge in [0.1, 0.15) is 11.9 Å². The number of carbonyl (C=O) groups is 2. The molecule has 2 fully saturated rings. The van der Waals surface area contributed by atoms with E-state index in [0.717, 1.165) is 49.1 Å². The zero-order chi connectivity index (χ0) is 25.8. The molecule has 0 spiro atoms. The number of hydrogen-bond acceptors (Lipinski definition) is 4. The minimum Gasteiger partial charge on any atom is -0.349 e. The normalized spacial score (nSPS) is 19.8. The number of carbonyl (C=O) groups excluding carboxylic acids is 2. The SMILES string of the molecule is N#Cc1ccc(N2C(=O)C3Cc4cc(C(=O)NC5CCCCC5)c(F)cc4N3C2=S)cc1C(F)(F)F. The molecule has 0 bridgehead atoms. The van der Waals surface area contributed by atoms with Gasteiger partial charge in [0, 0.05) is 12.5 Å². The lowest BCUT2D eigenvalue weighted by atomic mass is 9.95. The number of thiocarbonyl (C=S) groups is 1. The van der Waals surface area contributed by atoms with E-state index in [0.29, 0.717) is 17.3 Å². The Morgan fingerprint density at radius 3 is 2.53 bits per heavy atom. The van der Waals surface area contributed by atoms with Gasteiger partial charge in [0.25, 0.3) is 11.8 Å². The molecule has 0 aromatic heterocycles. The van der Waals surface area contributed by atoms with E-state index in [-0.39, 0.29) is 28.8 Å². The Bertz CT molecular complexity index is 1330. The van der Waals surface area contributed by atoms with Crippen LogP contribution in [0.5, 0.6) is 0 Å². The first-order valence-electron chi connectivity index (χ1n) is 11.5. The maximum atomic E-state index is 15.0. The first-order chi connectivity index (χ1) is 17.1. The van der Waals surface area contributed by atoms with Gasteiger partial charge in [-0.15, -0.1) is 0 Å². The molecule has 2 aromatic rings. The van der Waals surface area contributed by atoms with Crippen molar-refractivity contribution in [3.05, 3.63) is 58.4 Å². The minimum absolute atomic E-state index is 0.00115. The lowest BCUT2D eigenvalue weighted by Gasteiger charge is -2.23. The monoisotopic (exact) mass is 516 g/mol. The molecule has 36 heavy (non-hydrogen) atoms. The number of halogens is 4. The fourth-order valence-electron chi connectivity index (χ4n) is 5.17. The Balaban J connectivity index is 1.44. The topological polar surface area (TPSA) is 76.4 Å². The molecule has 11 heteroatoms. The second-order valence-electron chi connectivity index (χ2n) is 9.15. The average molecular weight is 517 g/mol. The summed E-state index contributed by atoms with van der Waals surface area (Å²) in [7, 11) is 0. The third-order valence-corrected chi connectivity index (χ3v) is 7.31. The van der Waals surface area contributed by atoms with Crippen LogP contribution in [0.25, 0.3) is 0 Å². The largest absolute Gasteiger partial charge is 0.417 e. The smallest absolute Gasteiger partial charge is 0.349 e. The van der Waals surface area contributed by atoms with E-state index in [1.807, 2.05) is 0 Å². The third-order valence-electron chi connectivity index (χ3n) is 6.93. The molecular weight excluding hydrogens is 496 g/mol. The van der Waals surface area contributed by atoms with E-state index in [9.17, 15) is 22.8 Å². The summed E-state index contributed by atoms with van der Waals surface area (Å²) in [5, 5.41) is 11.8. The van der Waals surface area contributed by atoms with Crippen molar-refractivity contribution < 1.29 is 27.2 Å². The second-order valence-corrected chi connectivity index (χ2v) is 9.52. The first-order valence-corrected chi connectivity index (χ1v) is 11.9. The number of alkyl halides is 3. The van der Waals surface area contributed by atoms with Gasteiger partial charge in [-0.2, -0.15) is 18.4 Å². The highest BCUT2D eigenvalue weighted by Crippen LogP contribution is 2.42. The Morgan fingerprint density at radius 2 is 1.86 bits per heavy atom. The number of benzene rings is 2. The van der Waals surface area contributed by atoms with Crippen molar-refractivity contribution >= 4 is 40.5 Å². The zero-order valence-electron chi connectivity index (χ0n) is 18.9. The fraction of sp³-hybridized carbons (Fsp3) is 0.360. The molecule has 3 aliphatic rings. The van der Waals surface area contributed by atoms with Gasteiger partial charge in [-0.3, -0.25) is 14.5 Å². The lowest BCUT2D eigenvalue weighted by molar-refractivity contribution is -0.137. The number of anilines is 2. The summed E-state index contributed by atoms with van der Waals surface area (Å²) in [4.78, 5) is 28.3. The van der Waals surface area contributed by atoms with Crippen molar-refractivity contribution in [3.63, 3.8) is 0 Å². The van der Waals surface area contributed by atoms with E-state index < -0.39 is 41.0 Å². The molecule has 2 heterocycles. The Kier molecular flexibility index (Phi) is 5.95. The molecule has 6 nitrogen and oxygen atoms in total. The Morgan fingerprint density at radius 1 is 1.14 bits per heavy atom. The highest BCUT2D eigenvalue weighted by molar-refractivity contribution is 7.81. The van der Waals surface area contributed by atoms with Gasteiger partial charge in [-0.25, -0.2) is 4.39 Å². The quantitative estimate of drug-likeness (QED) is 0.467. The third kappa shape index (κ3) is 3.99. The summed E-state index contributed by atoms with van der Waals surface area (Å²) in [5.41, 5.74) is -1.13. The number of amides is 2. The van der Waals surface area contributed by atoms with Crippen LogP contribution in [-0.2, 0) is 17.4 Å². The summed E-state index contributed by atoms with van der Waals surface area (Å²) in [6.45, 7) is 0. The van der Waals surface area contributed by atoms with Crippen molar-refractivity contribution in [2.24, 2.45) is 0 Å². The molecule has 1 aliphatic carbocycles. The van der Waals surface area contributed by atoms with Crippen molar-refractivity contribution in [1.29, 1.82) is 5.26 Å². The summed E-state index contributed by atoms with van der Waals surface area (Å²) in [6, 6.07) is 6.12. The van der Waals surface area contributed by atoms with Gasteiger partial charge < -0.3 is 10.2 Å². The van der Waals surface area contributed by atoms with Crippen molar-refractivity contribution in [1.82, 2.24) is 5.32 Å². The van der Waals surface area contributed by atoms with Crippen LogP contribution in [0.15, 0.2) is 30.3 Å². The lowest BCUT2D eigenvalue weighted by Crippen LogP contribution is -2.36. The molecule has 1 atom stereocenters. The van der Waals surface area contributed by atoms with Crippen LogP contribution < -0.4 is 15.1 Å². The van der Waals surface area contributed by atoms with E-state index in [4.69, 9.17) is 17.5 Å². The fourth-order valence-corrected chi connectivity index (χ4v) is 5.59. The number of nitriles is 1. The van der Waals surface area contributed by atoms with Crippen LogP contribution in [0.1, 0.15) is 59.2 Å². The number of fused-ring (bicyclic) bond motifs is 3. The highest BCUT2D eigenvalue weighted by atomic mass is 32.1. The molecule has 0 radical (unpaired) electrons. The molecule has 5 rings (SSSR count). The molecule has 2 aromatic carbocycles. The van der Waals surface area contributed by atoms with Crippen LogP contribution in [0.3, 0.4) is 0 Å². The average Bonchev–Trinajstić information content (AvgIpc) is 3.32. The zero-order valence-corrected chi connectivity index (χ0v) is 19.7. The van der Waals surface area contributed by atoms with Gasteiger partial charge in [0.05, 0.1) is 34.1 Å². The van der Waals surface area contributed by atoms with Crippen molar-refractivity contribution in [2.45, 2.75) is 56.8 Å². The van der Waals surface area contributed by atoms with Crippen LogP contribution in [0, 0.1) is 17.1 Å². The first kappa shape index (κ1) is 24.2. The molecule has 2 amide bonds. The van der Waals surface area contributed by atoms with E-state index in [2.05, 4.69) is 5.32 Å². The summed E-state index contributed by atoms with van der Waals surface area (Å²) in [5.74, 6) is -1.85. The number of hydrogen-bond donors (Lipinski definition) is 1. The molecule has 2 aliphatic heterocycles. The van der Waals surface area contributed by atoms with Crippen LogP contribution in [0.2, 0.25) is 0 Å². The Hall–Kier alpha value is -3.52. The van der Waals surface area contributed by atoms with Gasteiger partial charge in [0.2, 0.25) is 0 Å². The summed E-state index contributed by atoms with van der Waals surface area (Å²) < 4.78 is 55.4. The predicted octanol–water partition coefficient (Wildman–Crippen LogP) is 4.84. The molecular formula is C25H20F4N4O2S. The maximum Gasteiger partial charge on any atom is 0.417 e. The van der Waals surface area contributed by atoms with Crippen LogP contribution in [0.4, 0.5) is 28.9 Å². The highest BCUT2D eigenvalue weighted by Gasteiger charge is 2.49. The number of nitrogens with one attached hydrogen (secondary N) is 1. The van der Waals surface area contributed by atoms with Gasteiger partial charge >= 0.3 is 6.18 Å².